The van der Waals surface area contributed by atoms with Crippen LogP contribution >= 0.6 is 0 Å². The topological polar surface area (TPSA) is 70.1 Å². The second-order valence-corrected chi connectivity index (χ2v) is 5.66. The SMILES string of the molecule is CN1CCN(C(=O)OC(C)(C)C)C[C@H]1CC(=O)O. The van der Waals surface area contributed by atoms with Crippen LogP contribution in [-0.4, -0.2) is 65.3 Å². The minimum Gasteiger partial charge on any atom is -0.481 e. The van der Waals surface area contributed by atoms with Gasteiger partial charge < -0.3 is 14.7 Å². The van der Waals surface area contributed by atoms with Gasteiger partial charge in [-0.15, -0.1) is 0 Å². The Balaban J connectivity index is 2.58. The second kappa shape index (κ2) is 5.56. The molecular weight excluding hydrogens is 236 g/mol. The summed E-state index contributed by atoms with van der Waals surface area (Å²) in [6, 6.07) is -0.149. The molecule has 1 amide bonds. The van der Waals surface area contributed by atoms with E-state index in [1.54, 1.807) is 4.90 Å². The smallest absolute Gasteiger partial charge is 0.410 e. The number of aliphatic carboxylic acids is 1. The predicted octanol–water partition coefficient (Wildman–Crippen LogP) is 1.01. The molecule has 1 rings (SSSR count). The summed E-state index contributed by atoms with van der Waals surface area (Å²) in [6.45, 7) is 7.08. The van der Waals surface area contributed by atoms with Crippen LogP contribution in [-0.2, 0) is 9.53 Å². The number of carboxylic acid groups (broad SMARTS) is 1. The fraction of sp³-hybridized carbons (Fsp3) is 0.833. The molecular formula is C12H22N2O4. The third kappa shape index (κ3) is 4.52. The van der Waals surface area contributed by atoms with Gasteiger partial charge in [-0.25, -0.2) is 4.79 Å². The highest BCUT2D eigenvalue weighted by atomic mass is 16.6. The number of likely N-dealkylation sites (N-methyl/N-ethyl adjacent to an activating group) is 1. The van der Waals surface area contributed by atoms with Crippen molar-refractivity contribution in [3.63, 3.8) is 0 Å². The molecule has 1 atom stereocenters. The van der Waals surface area contributed by atoms with E-state index >= 15 is 0 Å². The lowest BCUT2D eigenvalue weighted by atomic mass is 10.1. The van der Waals surface area contributed by atoms with Gasteiger partial charge in [0.2, 0.25) is 0 Å². The van der Waals surface area contributed by atoms with Gasteiger partial charge in [0, 0.05) is 25.7 Å². The highest BCUT2D eigenvalue weighted by molar-refractivity contribution is 5.69. The Bertz CT molecular complexity index is 325. The highest BCUT2D eigenvalue weighted by Gasteiger charge is 2.31. The van der Waals surface area contributed by atoms with Gasteiger partial charge in [-0.2, -0.15) is 0 Å². The number of hydrogen-bond donors (Lipinski definition) is 1. The number of piperazine rings is 1. The van der Waals surface area contributed by atoms with E-state index in [0.717, 1.165) is 0 Å². The maximum absolute atomic E-state index is 11.9. The first-order valence-corrected chi connectivity index (χ1v) is 6.09. The monoisotopic (exact) mass is 258 g/mol. The maximum Gasteiger partial charge on any atom is 0.410 e. The molecule has 1 heterocycles. The molecule has 6 nitrogen and oxygen atoms in total. The lowest BCUT2D eigenvalue weighted by Gasteiger charge is -2.39. The number of carbonyl (C=O) groups excluding carboxylic acids is 1. The van der Waals surface area contributed by atoms with Crippen LogP contribution in [0.4, 0.5) is 4.79 Å². The number of rotatable bonds is 2. The van der Waals surface area contributed by atoms with Crippen molar-refractivity contribution >= 4 is 12.1 Å². The molecule has 6 heteroatoms. The first-order chi connectivity index (χ1) is 8.19. The van der Waals surface area contributed by atoms with Crippen molar-refractivity contribution < 1.29 is 19.4 Å². The minimum absolute atomic E-state index is 0.0375. The summed E-state index contributed by atoms with van der Waals surface area (Å²) >= 11 is 0. The lowest BCUT2D eigenvalue weighted by Crippen LogP contribution is -2.54. The summed E-state index contributed by atoms with van der Waals surface area (Å²) < 4.78 is 5.29. The summed E-state index contributed by atoms with van der Waals surface area (Å²) in [5.74, 6) is -0.849. The van der Waals surface area contributed by atoms with E-state index in [2.05, 4.69) is 0 Å². The first kappa shape index (κ1) is 14.8. The Morgan fingerprint density at radius 3 is 2.44 bits per heavy atom. The van der Waals surface area contributed by atoms with E-state index in [0.29, 0.717) is 19.6 Å². The standard InChI is InChI=1S/C12H22N2O4/c1-12(2,3)18-11(17)14-6-5-13(4)9(8-14)7-10(15)16/h9H,5-8H2,1-4H3,(H,15,16)/t9-/m1/s1. The van der Waals surface area contributed by atoms with Gasteiger partial charge in [0.15, 0.2) is 0 Å². The number of ether oxygens (including phenoxy) is 1. The van der Waals surface area contributed by atoms with E-state index in [-0.39, 0.29) is 18.6 Å². The molecule has 0 aromatic carbocycles. The predicted molar refractivity (Wildman–Crippen MR) is 66.5 cm³/mol. The van der Waals surface area contributed by atoms with E-state index in [9.17, 15) is 9.59 Å². The zero-order chi connectivity index (χ0) is 13.9. The van der Waals surface area contributed by atoms with Gasteiger partial charge >= 0.3 is 12.1 Å². The number of carbonyl (C=O) groups is 2. The van der Waals surface area contributed by atoms with Crippen LogP contribution in [0.15, 0.2) is 0 Å². The van der Waals surface area contributed by atoms with Gasteiger partial charge in [0.1, 0.15) is 5.60 Å². The van der Waals surface area contributed by atoms with Crippen molar-refractivity contribution in [3.05, 3.63) is 0 Å². The van der Waals surface area contributed by atoms with E-state index in [4.69, 9.17) is 9.84 Å². The van der Waals surface area contributed by atoms with Crippen LogP contribution in [0, 0.1) is 0 Å². The van der Waals surface area contributed by atoms with Crippen LogP contribution in [0.1, 0.15) is 27.2 Å². The number of carboxylic acids is 1. The van der Waals surface area contributed by atoms with Crippen molar-refractivity contribution in [1.29, 1.82) is 0 Å². The van der Waals surface area contributed by atoms with Crippen LogP contribution in [0.2, 0.25) is 0 Å². The van der Waals surface area contributed by atoms with E-state index < -0.39 is 11.6 Å². The molecule has 0 unspecified atom stereocenters. The van der Waals surface area contributed by atoms with Crippen LogP contribution in [0.3, 0.4) is 0 Å². The molecule has 0 aromatic rings. The van der Waals surface area contributed by atoms with Gasteiger partial charge in [-0.05, 0) is 27.8 Å². The lowest BCUT2D eigenvalue weighted by molar-refractivity contribution is -0.138. The molecule has 0 radical (unpaired) electrons. The number of hydrogen-bond acceptors (Lipinski definition) is 4. The molecule has 0 aliphatic carbocycles. The van der Waals surface area contributed by atoms with Gasteiger partial charge in [-0.1, -0.05) is 0 Å². The maximum atomic E-state index is 11.9. The van der Waals surface area contributed by atoms with Gasteiger partial charge in [0.05, 0.1) is 6.42 Å². The normalized spacial score (nSPS) is 21.8. The zero-order valence-corrected chi connectivity index (χ0v) is 11.5. The van der Waals surface area contributed by atoms with Crippen molar-refractivity contribution in [2.75, 3.05) is 26.7 Å². The molecule has 0 bridgehead atoms. The third-order valence-corrected chi connectivity index (χ3v) is 2.84. The quantitative estimate of drug-likeness (QED) is 0.800. The summed E-state index contributed by atoms with van der Waals surface area (Å²) in [5, 5.41) is 8.83. The Labute approximate surface area is 107 Å². The summed E-state index contributed by atoms with van der Waals surface area (Å²) in [6.07, 6.45) is -0.332. The third-order valence-electron chi connectivity index (χ3n) is 2.84. The Kier molecular flexibility index (Phi) is 4.56. The second-order valence-electron chi connectivity index (χ2n) is 5.66. The zero-order valence-electron chi connectivity index (χ0n) is 11.5. The van der Waals surface area contributed by atoms with Crippen molar-refractivity contribution in [3.8, 4) is 0 Å². The molecule has 1 aliphatic heterocycles. The first-order valence-electron chi connectivity index (χ1n) is 6.09. The molecule has 1 saturated heterocycles. The van der Waals surface area contributed by atoms with E-state index in [1.165, 1.54) is 0 Å². The average molecular weight is 258 g/mol. The van der Waals surface area contributed by atoms with Gasteiger partial charge in [0.25, 0.3) is 0 Å². The molecule has 1 aliphatic rings. The van der Waals surface area contributed by atoms with Crippen molar-refractivity contribution in [2.24, 2.45) is 0 Å². The molecule has 0 saturated carbocycles. The molecule has 1 N–H and O–H groups in total. The van der Waals surface area contributed by atoms with Crippen molar-refractivity contribution in [1.82, 2.24) is 9.80 Å². The molecule has 0 spiro atoms. The van der Waals surface area contributed by atoms with Crippen LogP contribution in [0.25, 0.3) is 0 Å². The summed E-state index contributed by atoms with van der Waals surface area (Å²) in [5.41, 5.74) is -0.525. The summed E-state index contributed by atoms with van der Waals surface area (Å²) in [4.78, 5) is 26.2. The number of nitrogens with zero attached hydrogens (tertiary/aromatic N) is 2. The van der Waals surface area contributed by atoms with E-state index in [1.807, 2.05) is 32.7 Å². The Morgan fingerprint density at radius 2 is 1.94 bits per heavy atom. The molecule has 104 valence electrons. The fourth-order valence-corrected chi connectivity index (χ4v) is 1.86. The molecule has 0 aromatic heterocycles. The van der Waals surface area contributed by atoms with Crippen LogP contribution < -0.4 is 0 Å². The fourth-order valence-electron chi connectivity index (χ4n) is 1.86. The van der Waals surface area contributed by atoms with Crippen LogP contribution in [0.5, 0.6) is 0 Å². The molecule has 18 heavy (non-hydrogen) atoms. The minimum atomic E-state index is -0.849. The summed E-state index contributed by atoms with van der Waals surface area (Å²) in [7, 11) is 1.88. The Hall–Kier alpha value is -1.30. The van der Waals surface area contributed by atoms with Crippen molar-refractivity contribution in [2.45, 2.75) is 38.8 Å². The Morgan fingerprint density at radius 1 is 1.33 bits per heavy atom. The molecule has 1 fully saturated rings. The highest BCUT2D eigenvalue weighted by Crippen LogP contribution is 2.15. The number of amides is 1. The average Bonchev–Trinajstić information content (AvgIpc) is 2.17. The largest absolute Gasteiger partial charge is 0.481 e. The van der Waals surface area contributed by atoms with Gasteiger partial charge in [-0.3, -0.25) is 9.69 Å².